The van der Waals surface area contributed by atoms with Crippen LogP contribution in [0.25, 0.3) is 5.69 Å². The number of alkyl halides is 3. The SMILES string of the molecule is O=C(Nc1cccc(C(F)(F)F)c1)N1Cc2ccccc2-n2cccc2[C@H]1c1ccccc1. The molecule has 0 aliphatic carbocycles. The lowest BCUT2D eigenvalue weighted by atomic mass is 10.0. The molecule has 0 saturated heterocycles. The molecule has 0 saturated carbocycles. The fourth-order valence-electron chi connectivity index (χ4n) is 4.29. The van der Waals surface area contributed by atoms with Gasteiger partial charge in [-0.15, -0.1) is 0 Å². The van der Waals surface area contributed by atoms with Gasteiger partial charge in [0.1, 0.15) is 0 Å². The van der Waals surface area contributed by atoms with Crippen molar-refractivity contribution in [3.63, 3.8) is 0 Å². The van der Waals surface area contributed by atoms with Crippen LogP contribution in [0.4, 0.5) is 23.7 Å². The monoisotopic (exact) mass is 447 g/mol. The highest BCUT2D eigenvalue weighted by Crippen LogP contribution is 2.37. The Bertz CT molecular complexity index is 1300. The lowest BCUT2D eigenvalue weighted by Gasteiger charge is -2.31. The zero-order chi connectivity index (χ0) is 23.0. The Morgan fingerprint density at radius 2 is 1.64 bits per heavy atom. The predicted octanol–water partition coefficient (Wildman–Crippen LogP) is 6.63. The van der Waals surface area contributed by atoms with Crippen molar-refractivity contribution in [1.82, 2.24) is 9.47 Å². The van der Waals surface area contributed by atoms with Crippen molar-refractivity contribution in [2.24, 2.45) is 0 Å². The molecule has 1 aromatic heterocycles. The van der Waals surface area contributed by atoms with Crippen LogP contribution in [0.1, 0.15) is 28.4 Å². The van der Waals surface area contributed by atoms with Gasteiger partial charge in [0.25, 0.3) is 0 Å². The van der Waals surface area contributed by atoms with Gasteiger partial charge in [-0.1, -0.05) is 54.6 Å². The van der Waals surface area contributed by atoms with Gasteiger partial charge in [0.2, 0.25) is 0 Å². The first kappa shape index (κ1) is 20.9. The van der Waals surface area contributed by atoms with Crippen molar-refractivity contribution >= 4 is 11.7 Å². The lowest BCUT2D eigenvalue weighted by molar-refractivity contribution is -0.137. The maximum absolute atomic E-state index is 13.5. The molecule has 0 unspecified atom stereocenters. The number of halogens is 3. The highest BCUT2D eigenvalue weighted by atomic mass is 19.4. The number of nitrogens with one attached hydrogen (secondary N) is 1. The summed E-state index contributed by atoms with van der Waals surface area (Å²) in [4.78, 5) is 15.2. The molecule has 33 heavy (non-hydrogen) atoms. The van der Waals surface area contributed by atoms with E-state index in [9.17, 15) is 18.0 Å². The smallest absolute Gasteiger partial charge is 0.318 e. The molecular formula is C26H20F3N3O. The van der Waals surface area contributed by atoms with E-state index in [4.69, 9.17) is 0 Å². The molecule has 0 radical (unpaired) electrons. The molecular weight excluding hydrogens is 427 g/mol. The minimum Gasteiger partial charge on any atom is -0.318 e. The van der Waals surface area contributed by atoms with E-state index in [1.54, 1.807) is 4.90 Å². The third-order valence-electron chi connectivity index (χ3n) is 5.78. The molecule has 3 aromatic carbocycles. The van der Waals surface area contributed by atoms with E-state index in [1.807, 2.05) is 72.9 Å². The van der Waals surface area contributed by atoms with Gasteiger partial charge < -0.3 is 14.8 Å². The summed E-state index contributed by atoms with van der Waals surface area (Å²) in [5, 5.41) is 2.68. The summed E-state index contributed by atoms with van der Waals surface area (Å²) >= 11 is 0. The van der Waals surface area contributed by atoms with Crippen molar-refractivity contribution in [3.05, 3.63) is 120 Å². The van der Waals surface area contributed by atoms with Crippen LogP contribution in [0.2, 0.25) is 0 Å². The Kier molecular flexibility index (Phi) is 5.17. The zero-order valence-electron chi connectivity index (χ0n) is 17.5. The number of amides is 2. The molecule has 5 rings (SSSR count). The number of hydrogen-bond acceptors (Lipinski definition) is 1. The summed E-state index contributed by atoms with van der Waals surface area (Å²) in [7, 11) is 0. The van der Waals surface area contributed by atoms with Gasteiger partial charge in [-0.25, -0.2) is 4.79 Å². The molecule has 166 valence electrons. The van der Waals surface area contributed by atoms with Crippen molar-refractivity contribution in [2.75, 3.05) is 5.32 Å². The Balaban J connectivity index is 1.58. The minimum absolute atomic E-state index is 0.0922. The number of nitrogens with zero attached hydrogens (tertiary/aromatic N) is 2. The number of urea groups is 1. The molecule has 4 nitrogen and oxygen atoms in total. The maximum Gasteiger partial charge on any atom is 0.416 e. The quantitative estimate of drug-likeness (QED) is 0.368. The van der Waals surface area contributed by atoms with Crippen molar-refractivity contribution in [1.29, 1.82) is 0 Å². The van der Waals surface area contributed by atoms with E-state index in [1.165, 1.54) is 12.1 Å². The van der Waals surface area contributed by atoms with Gasteiger partial charge in [0.05, 0.1) is 23.8 Å². The summed E-state index contributed by atoms with van der Waals surface area (Å²) in [5.41, 5.74) is 2.99. The number of rotatable bonds is 2. The summed E-state index contributed by atoms with van der Waals surface area (Å²) in [6.07, 6.45) is -2.53. The lowest BCUT2D eigenvalue weighted by Crippen LogP contribution is -2.38. The van der Waals surface area contributed by atoms with Gasteiger partial charge >= 0.3 is 12.2 Å². The second-order valence-electron chi connectivity index (χ2n) is 7.88. The molecule has 0 spiro atoms. The fraction of sp³-hybridized carbons (Fsp3) is 0.115. The van der Waals surface area contributed by atoms with Crippen LogP contribution in [0, 0.1) is 0 Å². The first-order chi connectivity index (χ1) is 15.9. The number of benzene rings is 3. The van der Waals surface area contributed by atoms with E-state index >= 15 is 0 Å². The van der Waals surface area contributed by atoms with E-state index in [0.29, 0.717) is 6.54 Å². The molecule has 0 fully saturated rings. The normalized spacial score (nSPS) is 15.4. The average Bonchev–Trinajstić information content (AvgIpc) is 3.23. The summed E-state index contributed by atoms with van der Waals surface area (Å²) in [6.45, 7) is 0.294. The van der Waals surface area contributed by atoms with Crippen LogP contribution < -0.4 is 5.32 Å². The molecule has 1 aliphatic rings. The molecule has 1 N–H and O–H groups in total. The summed E-state index contributed by atoms with van der Waals surface area (Å²) in [6, 6.07) is 25.1. The van der Waals surface area contributed by atoms with Gasteiger partial charge in [-0.2, -0.15) is 13.2 Å². The largest absolute Gasteiger partial charge is 0.416 e. The highest BCUT2D eigenvalue weighted by Gasteiger charge is 2.34. The van der Waals surface area contributed by atoms with Crippen LogP contribution >= 0.6 is 0 Å². The van der Waals surface area contributed by atoms with Crippen molar-refractivity contribution < 1.29 is 18.0 Å². The van der Waals surface area contributed by atoms with Crippen molar-refractivity contribution in [2.45, 2.75) is 18.8 Å². The number of para-hydroxylation sites is 1. The van der Waals surface area contributed by atoms with Gasteiger partial charge in [-0.3, -0.25) is 0 Å². The Labute approximate surface area is 188 Å². The molecule has 4 aromatic rings. The molecule has 0 bridgehead atoms. The van der Waals surface area contributed by atoms with E-state index in [2.05, 4.69) is 9.88 Å². The fourth-order valence-corrected chi connectivity index (χ4v) is 4.29. The van der Waals surface area contributed by atoms with Gasteiger partial charge in [0.15, 0.2) is 0 Å². The third kappa shape index (κ3) is 3.98. The van der Waals surface area contributed by atoms with Crippen molar-refractivity contribution in [3.8, 4) is 5.69 Å². The number of carbonyl (C=O) groups excluding carboxylic acids is 1. The topological polar surface area (TPSA) is 37.3 Å². The Morgan fingerprint density at radius 3 is 2.42 bits per heavy atom. The standard InChI is InChI=1S/C26H20F3N3O/c27-26(28,29)20-11-6-12-21(16-20)30-25(33)32-17-19-10-4-5-13-22(19)31-15-7-14-23(31)24(32)18-8-2-1-3-9-18/h1-16,24H,17H2,(H,30,33)/t24-/m1/s1. The predicted molar refractivity (Wildman–Crippen MR) is 120 cm³/mol. The minimum atomic E-state index is -4.49. The van der Waals surface area contributed by atoms with E-state index in [-0.39, 0.29) is 5.69 Å². The second-order valence-corrected chi connectivity index (χ2v) is 7.88. The van der Waals surface area contributed by atoms with Crippen LogP contribution in [-0.4, -0.2) is 15.5 Å². The van der Waals surface area contributed by atoms with Gasteiger partial charge in [0, 0.05) is 17.6 Å². The van der Waals surface area contributed by atoms with Crippen LogP contribution in [-0.2, 0) is 12.7 Å². The first-order valence-corrected chi connectivity index (χ1v) is 10.5. The van der Waals surface area contributed by atoms with Gasteiger partial charge in [-0.05, 0) is 47.5 Å². The number of anilines is 1. The Hall–Kier alpha value is -4.00. The van der Waals surface area contributed by atoms with Crippen LogP contribution in [0.5, 0.6) is 0 Å². The highest BCUT2D eigenvalue weighted by molar-refractivity contribution is 5.90. The second kappa shape index (κ2) is 8.16. The first-order valence-electron chi connectivity index (χ1n) is 10.5. The molecule has 1 atom stereocenters. The molecule has 7 heteroatoms. The third-order valence-corrected chi connectivity index (χ3v) is 5.78. The average molecular weight is 447 g/mol. The molecule has 2 amide bonds. The number of carbonyl (C=O) groups is 1. The van der Waals surface area contributed by atoms with Crippen LogP contribution in [0.3, 0.4) is 0 Å². The number of hydrogen-bond donors (Lipinski definition) is 1. The summed E-state index contributed by atoms with van der Waals surface area (Å²) < 4.78 is 41.6. The summed E-state index contributed by atoms with van der Waals surface area (Å²) in [5.74, 6) is 0. The Morgan fingerprint density at radius 1 is 0.879 bits per heavy atom. The number of aromatic nitrogens is 1. The number of fused-ring (bicyclic) bond motifs is 3. The van der Waals surface area contributed by atoms with E-state index < -0.39 is 23.8 Å². The van der Waals surface area contributed by atoms with E-state index in [0.717, 1.165) is 34.6 Å². The molecule has 1 aliphatic heterocycles. The van der Waals surface area contributed by atoms with Crippen LogP contribution in [0.15, 0.2) is 97.2 Å². The zero-order valence-corrected chi connectivity index (χ0v) is 17.5. The molecule has 2 heterocycles. The maximum atomic E-state index is 13.5.